The van der Waals surface area contributed by atoms with Crippen LogP contribution in [0.5, 0.6) is 0 Å². The maximum atomic E-state index is 11.9. The zero-order valence-electron chi connectivity index (χ0n) is 12.7. The highest BCUT2D eigenvalue weighted by atomic mass is 16.4. The lowest BCUT2D eigenvalue weighted by molar-refractivity contribution is 0.0696. The van der Waals surface area contributed by atoms with Gasteiger partial charge in [-0.15, -0.1) is 0 Å². The number of nitrogens with one attached hydrogen (secondary N) is 2. The fourth-order valence-corrected chi connectivity index (χ4v) is 2.62. The molecule has 1 saturated carbocycles. The quantitative estimate of drug-likeness (QED) is 0.791. The molecular weight excluding hydrogens is 270 g/mol. The summed E-state index contributed by atoms with van der Waals surface area (Å²) < 4.78 is 0. The molecule has 0 aliphatic heterocycles. The Morgan fingerprint density at radius 2 is 1.90 bits per heavy atom. The van der Waals surface area contributed by atoms with Gasteiger partial charge in [-0.2, -0.15) is 0 Å². The molecule has 6 heteroatoms. The molecule has 1 heterocycles. The van der Waals surface area contributed by atoms with E-state index < -0.39 is 5.97 Å². The first-order valence-electron chi connectivity index (χ1n) is 6.89. The number of aromatic nitrogens is 1. The average Bonchev–Trinajstić information content (AvgIpc) is 2.79. The Bertz CT molecular complexity index is 567. The van der Waals surface area contributed by atoms with Crippen LogP contribution in [0.4, 0.5) is 4.79 Å². The molecule has 1 aliphatic carbocycles. The van der Waals surface area contributed by atoms with Crippen LogP contribution in [-0.2, 0) is 6.54 Å². The first-order chi connectivity index (χ1) is 9.66. The Kier molecular flexibility index (Phi) is 3.65. The van der Waals surface area contributed by atoms with E-state index in [0.29, 0.717) is 5.69 Å². The highest BCUT2D eigenvalue weighted by Crippen LogP contribution is 2.62. The van der Waals surface area contributed by atoms with Crippen LogP contribution in [0, 0.1) is 10.8 Å². The molecule has 1 aromatic heterocycles. The average molecular weight is 291 g/mol. The monoisotopic (exact) mass is 291 g/mol. The molecule has 114 valence electrons. The Morgan fingerprint density at radius 1 is 1.29 bits per heavy atom. The summed E-state index contributed by atoms with van der Waals surface area (Å²) in [6.07, 6.45) is 1.42. The fourth-order valence-electron chi connectivity index (χ4n) is 2.62. The normalized spacial score (nSPS) is 18.9. The van der Waals surface area contributed by atoms with Gasteiger partial charge in [0.25, 0.3) is 0 Å². The number of carbonyl (C=O) groups excluding carboxylic acids is 1. The van der Waals surface area contributed by atoms with Crippen molar-refractivity contribution in [3.05, 3.63) is 29.6 Å². The van der Waals surface area contributed by atoms with Gasteiger partial charge >= 0.3 is 12.0 Å². The Labute approximate surface area is 124 Å². The molecule has 0 atom stereocenters. The molecule has 2 rings (SSSR count). The van der Waals surface area contributed by atoms with E-state index in [-0.39, 0.29) is 35.0 Å². The molecule has 21 heavy (non-hydrogen) atoms. The van der Waals surface area contributed by atoms with Crippen LogP contribution >= 0.6 is 0 Å². The lowest BCUT2D eigenvalue weighted by Crippen LogP contribution is -2.38. The zero-order valence-corrected chi connectivity index (χ0v) is 12.7. The van der Waals surface area contributed by atoms with Crippen LogP contribution in [0.1, 0.15) is 43.7 Å². The van der Waals surface area contributed by atoms with Crippen molar-refractivity contribution in [2.24, 2.45) is 10.8 Å². The SMILES string of the molecule is CC1(C)C(NC(=O)NCc2cc(C(=O)O)ccn2)C1(C)C. The van der Waals surface area contributed by atoms with Crippen molar-refractivity contribution in [1.29, 1.82) is 0 Å². The summed E-state index contributed by atoms with van der Waals surface area (Å²) in [5, 5.41) is 14.6. The molecule has 3 N–H and O–H groups in total. The Morgan fingerprint density at radius 3 is 2.43 bits per heavy atom. The number of rotatable bonds is 4. The van der Waals surface area contributed by atoms with Gasteiger partial charge in [0.2, 0.25) is 0 Å². The first kappa shape index (κ1) is 15.3. The molecule has 1 fully saturated rings. The lowest BCUT2D eigenvalue weighted by atomic mass is 10.0. The fraction of sp³-hybridized carbons (Fsp3) is 0.533. The summed E-state index contributed by atoms with van der Waals surface area (Å²) in [5.41, 5.74) is 0.823. The number of carbonyl (C=O) groups is 2. The third-order valence-corrected chi connectivity index (χ3v) is 4.79. The van der Waals surface area contributed by atoms with Crippen LogP contribution in [-0.4, -0.2) is 28.1 Å². The number of carboxylic acid groups (broad SMARTS) is 1. The van der Waals surface area contributed by atoms with E-state index in [1.807, 2.05) is 0 Å². The van der Waals surface area contributed by atoms with E-state index in [0.717, 1.165) is 0 Å². The zero-order chi connectivity index (χ0) is 15.8. The number of hydrogen-bond acceptors (Lipinski definition) is 3. The van der Waals surface area contributed by atoms with Gasteiger partial charge in [0.15, 0.2) is 0 Å². The van der Waals surface area contributed by atoms with Crippen LogP contribution in [0.15, 0.2) is 18.3 Å². The number of urea groups is 1. The maximum absolute atomic E-state index is 11.9. The van der Waals surface area contributed by atoms with Crippen molar-refractivity contribution in [1.82, 2.24) is 15.6 Å². The number of aromatic carboxylic acids is 1. The molecule has 0 bridgehead atoms. The Balaban J connectivity index is 1.88. The van der Waals surface area contributed by atoms with Crippen molar-refractivity contribution in [3.63, 3.8) is 0 Å². The molecule has 2 amide bonds. The summed E-state index contributed by atoms with van der Waals surface area (Å²) >= 11 is 0. The minimum atomic E-state index is -1.01. The predicted octanol–water partition coefficient (Wildman–Crippen LogP) is 2.01. The van der Waals surface area contributed by atoms with Crippen molar-refractivity contribution >= 4 is 12.0 Å². The van der Waals surface area contributed by atoms with Crippen molar-refractivity contribution in [3.8, 4) is 0 Å². The van der Waals surface area contributed by atoms with Crippen LogP contribution in [0.3, 0.4) is 0 Å². The van der Waals surface area contributed by atoms with Gasteiger partial charge in [0.1, 0.15) is 0 Å². The maximum Gasteiger partial charge on any atom is 0.335 e. The molecule has 0 unspecified atom stereocenters. The molecule has 1 aromatic rings. The second-order valence-corrected chi connectivity index (χ2v) is 6.54. The van der Waals surface area contributed by atoms with E-state index >= 15 is 0 Å². The molecule has 0 saturated heterocycles. The summed E-state index contributed by atoms with van der Waals surface area (Å²) in [6, 6.07) is 2.74. The third-order valence-electron chi connectivity index (χ3n) is 4.79. The van der Waals surface area contributed by atoms with Crippen molar-refractivity contribution in [2.45, 2.75) is 40.3 Å². The number of carboxylic acids is 1. The molecule has 0 radical (unpaired) electrons. The van der Waals surface area contributed by atoms with Crippen LogP contribution in [0.2, 0.25) is 0 Å². The number of hydrogen-bond donors (Lipinski definition) is 3. The van der Waals surface area contributed by atoms with E-state index in [1.54, 1.807) is 0 Å². The summed E-state index contributed by atoms with van der Waals surface area (Å²) in [5.74, 6) is -1.01. The second kappa shape index (κ2) is 5.02. The summed E-state index contributed by atoms with van der Waals surface area (Å²) in [4.78, 5) is 26.8. The summed E-state index contributed by atoms with van der Waals surface area (Å²) in [7, 11) is 0. The lowest BCUT2D eigenvalue weighted by Gasteiger charge is -2.09. The van der Waals surface area contributed by atoms with Crippen molar-refractivity contribution < 1.29 is 14.7 Å². The van der Waals surface area contributed by atoms with Gasteiger partial charge in [0, 0.05) is 12.2 Å². The number of pyridine rings is 1. The first-order valence-corrected chi connectivity index (χ1v) is 6.89. The third kappa shape index (κ3) is 2.84. The number of amides is 2. The minimum Gasteiger partial charge on any atom is -0.478 e. The highest BCUT2D eigenvalue weighted by Gasteiger charge is 2.65. The van der Waals surface area contributed by atoms with Gasteiger partial charge < -0.3 is 15.7 Å². The van der Waals surface area contributed by atoms with E-state index in [1.165, 1.54) is 18.3 Å². The molecule has 1 aliphatic rings. The second-order valence-electron chi connectivity index (χ2n) is 6.54. The van der Waals surface area contributed by atoms with Gasteiger partial charge in [0.05, 0.1) is 17.8 Å². The number of nitrogens with zero attached hydrogens (tertiary/aromatic N) is 1. The summed E-state index contributed by atoms with van der Waals surface area (Å²) in [6.45, 7) is 8.68. The van der Waals surface area contributed by atoms with Gasteiger partial charge in [-0.3, -0.25) is 4.98 Å². The van der Waals surface area contributed by atoms with Crippen LogP contribution < -0.4 is 10.6 Å². The predicted molar refractivity (Wildman–Crippen MR) is 77.9 cm³/mol. The topological polar surface area (TPSA) is 91.3 Å². The van der Waals surface area contributed by atoms with Gasteiger partial charge in [-0.1, -0.05) is 27.7 Å². The smallest absolute Gasteiger partial charge is 0.335 e. The minimum absolute atomic E-state index is 0.0752. The van der Waals surface area contributed by atoms with Gasteiger partial charge in [-0.05, 0) is 23.0 Å². The molecular formula is C15H21N3O3. The standard InChI is InChI=1S/C15H21N3O3/c1-14(2)12(15(14,3)4)18-13(21)17-8-10-7-9(11(19)20)5-6-16-10/h5-7,12H,8H2,1-4H3,(H,19,20)(H2,17,18,21). The van der Waals surface area contributed by atoms with Crippen molar-refractivity contribution in [2.75, 3.05) is 0 Å². The van der Waals surface area contributed by atoms with Crippen LogP contribution in [0.25, 0.3) is 0 Å². The van der Waals surface area contributed by atoms with Gasteiger partial charge in [-0.25, -0.2) is 9.59 Å². The van der Waals surface area contributed by atoms with E-state index in [9.17, 15) is 9.59 Å². The largest absolute Gasteiger partial charge is 0.478 e. The van der Waals surface area contributed by atoms with E-state index in [4.69, 9.17) is 5.11 Å². The van der Waals surface area contributed by atoms with E-state index in [2.05, 4.69) is 43.3 Å². The molecule has 6 nitrogen and oxygen atoms in total. The molecule has 0 aromatic carbocycles. The molecule has 0 spiro atoms. The highest BCUT2D eigenvalue weighted by molar-refractivity contribution is 5.87. The Hall–Kier alpha value is -2.11.